The highest BCUT2D eigenvalue weighted by molar-refractivity contribution is 7.92. The Kier molecular flexibility index (Phi) is 4.93. The monoisotopic (exact) mass is 296 g/mol. The number of carbonyl (C=O) groups is 3. The number of rotatable bonds is 6. The third-order valence-electron chi connectivity index (χ3n) is 2.27. The minimum absolute atomic E-state index is 0.0635. The standard InChI is InChI=1S/C13H12O6S/c1-9(14)8-20(18,19)11-4-2-10(3-5-11)12(15)6-7-13(16)17/h2-7H,8H2,1H3,(H,16,17)/b7-6+. The summed E-state index contributed by atoms with van der Waals surface area (Å²) in [5, 5.41) is 8.39. The van der Waals surface area contributed by atoms with Crippen molar-refractivity contribution in [2.24, 2.45) is 0 Å². The van der Waals surface area contributed by atoms with Gasteiger partial charge in [-0.3, -0.25) is 9.59 Å². The molecule has 106 valence electrons. The number of hydrogen-bond acceptors (Lipinski definition) is 5. The van der Waals surface area contributed by atoms with Crippen molar-refractivity contribution in [3.8, 4) is 0 Å². The molecule has 0 atom stereocenters. The first-order valence-corrected chi connectivity index (χ1v) is 7.15. The number of allylic oxidation sites excluding steroid dienone is 1. The molecule has 6 nitrogen and oxygen atoms in total. The topological polar surface area (TPSA) is 106 Å². The van der Waals surface area contributed by atoms with Crippen LogP contribution in [0, 0.1) is 0 Å². The maximum atomic E-state index is 11.7. The molecule has 0 saturated heterocycles. The second-order valence-corrected chi connectivity index (χ2v) is 6.01. The number of ketones is 2. The summed E-state index contributed by atoms with van der Waals surface area (Å²) in [5.74, 6) is -2.88. The summed E-state index contributed by atoms with van der Waals surface area (Å²) < 4.78 is 23.5. The molecular formula is C13H12O6S. The lowest BCUT2D eigenvalue weighted by atomic mass is 10.1. The van der Waals surface area contributed by atoms with Crippen LogP contribution >= 0.6 is 0 Å². The van der Waals surface area contributed by atoms with Crippen LogP contribution in [-0.4, -0.2) is 36.8 Å². The predicted octanol–water partition coefficient (Wildman–Crippen LogP) is 0.873. The van der Waals surface area contributed by atoms with Gasteiger partial charge < -0.3 is 5.11 Å². The van der Waals surface area contributed by atoms with Gasteiger partial charge >= 0.3 is 5.97 Å². The van der Waals surface area contributed by atoms with Crippen molar-refractivity contribution < 1.29 is 27.9 Å². The van der Waals surface area contributed by atoms with Crippen LogP contribution < -0.4 is 0 Å². The molecule has 0 aromatic heterocycles. The van der Waals surface area contributed by atoms with E-state index in [0.717, 1.165) is 6.08 Å². The molecule has 0 saturated carbocycles. The zero-order chi connectivity index (χ0) is 15.3. The fourth-order valence-electron chi connectivity index (χ4n) is 1.42. The lowest BCUT2D eigenvalue weighted by Gasteiger charge is -2.03. The van der Waals surface area contributed by atoms with E-state index in [0.29, 0.717) is 6.08 Å². The average Bonchev–Trinajstić information content (AvgIpc) is 2.34. The van der Waals surface area contributed by atoms with Gasteiger partial charge in [-0.15, -0.1) is 0 Å². The van der Waals surface area contributed by atoms with Gasteiger partial charge in [0, 0.05) is 11.6 Å². The maximum absolute atomic E-state index is 11.7. The lowest BCUT2D eigenvalue weighted by Crippen LogP contribution is -2.13. The van der Waals surface area contributed by atoms with Crippen molar-refractivity contribution in [3.63, 3.8) is 0 Å². The van der Waals surface area contributed by atoms with E-state index in [1.165, 1.54) is 31.2 Å². The largest absolute Gasteiger partial charge is 0.478 e. The summed E-state index contributed by atoms with van der Waals surface area (Å²) in [6.07, 6.45) is 1.57. The minimum Gasteiger partial charge on any atom is -0.478 e. The van der Waals surface area contributed by atoms with Crippen LogP contribution in [-0.2, 0) is 19.4 Å². The first-order valence-electron chi connectivity index (χ1n) is 5.50. The van der Waals surface area contributed by atoms with Crippen molar-refractivity contribution in [3.05, 3.63) is 42.0 Å². The minimum atomic E-state index is -3.70. The Morgan fingerprint density at radius 2 is 1.65 bits per heavy atom. The Morgan fingerprint density at radius 3 is 2.10 bits per heavy atom. The Hall–Kier alpha value is -2.28. The normalized spacial score (nSPS) is 11.4. The van der Waals surface area contributed by atoms with Crippen molar-refractivity contribution in [2.45, 2.75) is 11.8 Å². The first kappa shape index (κ1) is 15.8. The zero-order valence-electron chi connectivity index (χ0n) is 10.6. The van der Waals surface area contributed by atoms with Crippen LogP contribution in [0.4, 0.5) is 0 Å². The van der Waals surface area contributed by atoms with Gasteiger partial charge in [-0.05, 0) is 37.3 Å². The highest BCUT2D eigenvalue weighted by Crippen LogP contribution is 2.13. The summed E-state index contributed by atoms with van der Waals surface area (Å²) in [6, 6.07) is 4.95. The third-order valence-corrected chi connectivity index (χ3v) is 4.05. The second-order valence-electron chi connectivity index (χ2n) is 4.02. The number of hydrogen-bond donors (Lipinski definition) is 1. The van der Waals surface area contributed by atoms with Crippen LogP contribution in [0.25, 0.3) is 0 Å². The second kappa shape index (κ2) is 6.25. The number of aliphatic carboxylic acids is 1. The fraction of sp³-hybridized carbons (Fsp3) is 0.154. The van der Waals surface area contributed by atoms with E-state index in [4.69, 9.17) is 5.11 Å². The van der Waals surface area contributed by atoms with E-state index in [9.17, 15) is 22.8 Å². The summed E-state index contributed by atoms with van der Waals surface area (Å²) in [4.78, 5) is 32.6. The van der Waals surface area contributed by atoms with Gasteiger partial charge in [-0.25, -0.2) is 13.2 Å². The molecule has 0 amide bonds. The molecule has 0 aliphatic heterocycles. The lowest BCUT2D eigenvalue weighted by molar-refractivity contribution is -0.131. The predicted molar refractivity (Wildman–Crippen MR) is 70.3 cm³/mol. The number of Topliss-reactive ketones (excluding diaryl/α,β-unsaturated/α-hetero) is 1. The number of sulfone groups is 1. The Labute approximate surface area is 115 Å². The fourth-order valence-corrected chi connectivity index (χ4v) is 2.67. The van der Waals surface area contributed by atoms with E-state index >= 15 is 0 Å². The van der Waals surface area contributed by atoms with E-state index < -0.39 is 33.1 Å². The molecule has 20 heavy (non-hydrogen) atoms. The summed E-state index contributed by atoms with van der Waals surface area (Å²) in [5.41, 5.74) is 0.157. The van der Waals surface area contributed by atoms with Gasteiger partial charge in [0.15, 0.2) is 15.6 Å². The Bertz CT molecular complexity index is 667. The molecule has 1 rings (SSSR count). The first-order chi connectivity index (χ1) is 9.22. The Morgan fingerprint density at radius 1 is 1.10 bits per heavy atom. The smallest absolute Gasteiger partial charge is 0.328 e. The molecule has 0 bridgehead atoms. The quantitative estimate of drug-likeness (QED) is 0.617. The molecule has 0 unspecified atom stereocenters. The number of carbonyl (C=O) groups excluding carboxylic acids is 2. The van der Waals surface area contributed by atoms with E-state index in [2.05, 4.69) is 0 Å². The molecule has 0 fully saturated rings. The maximum Gasteiger partial charge on any atom is 0.328 e. The summed E-state index contributed by atoms with van der Waals surface area (Å²) in [7, 11) is -3.70. The molecular weight excluding hydrogens is 284 g/mol. The molecule has 1 N–H and O–H groups in total. The van der Waals surface area contributed by atoms with Gasteiger partial charge in [-0.1, -0.05) is 0 Å². The van der Waals surface area contributed by atoms with Crippen LogP contribution in [0.3, 0.4) is 0 Å². The average molecular weight is 296 g/mol. The van der Waals surface area contributed by atoms with Crippen LogP contribution in [0.5, 0.6) is 0 Å². The van der Waals surface area contributed by atoms with Crippen LogP contribution in [0.1, 0.15) is 17.3 Å². The third kappa shape index (κ3) is 4.43. The summed E-state index contributed by atoms with van der Waals surface area (Å²) in [6.45, 7) is 1.17. The van der Waals surface area contributed by atoms with Gasteiger partial charge in [-0.2, -0.15) is 0 Å². The van der Waals surface area contributed by atoms with Gasteiger partial charge in [0.25, 0.3) is 0 Å². The van der Waals surface area contributed by atoms with Gasteiger partial charge in [0.05, 0.1) is 4.90 Å². The SMILES string of the molecule is CC(=O)CS(=O)(=O)c1ccc(C(=O)/C=C/C(=O)O)cc1. The molecule has 0 spiro atoms. The molecule has 0 aliphatic carbocycles. The van der Waals surface area contributed by atoms with Crippen molar-refractivity contribution in [2.75, 3.05) is 5.75 Å². The van der Waals surface area contributed by atoms with Crippen molar-refractivity contribution in [1.82, 2.24) is 0 Å². The van der Waals surface area contributed by atoms with Gasteiger partial charge in [0.2, 0.25) is 0 Å². The van der Waals surface area contributed by atoms with Crippen molar-refractivity contribution in [1.29, 1.82) is 0 Å². The molecule has 0 radical (unpaired) electrons. The number of carboxylic acid groups (broad SMARTS) is 1. The number of benzene rings is 1. The zero-order valence-corrected chi connectivity index (χ0v) is 11.4. The molecule has 0 heterocycles. The highest BCUT2D eigenvalue weighted by Gasteiger charge is 2.17. The van der Waals surface area contributed by atoms with Crippen molar-refractivity contribution >= 4 is 27.4 Å². The van der Waals surface area contributed by atoms with Crippen LogP contribution in [0.15, 0.2) is 41.3 Å². The number of carboxylic acids is 1. The highest BCUT2D eigenvalue weighted by atomic mass is 32.2. The molecule has 1 aromatic rings. The Balaban J connectivity index is 2.97. The van der Waals surface area contributed by atoms with Crippen LogP contribution in [0.2, 0.25) is 0 Å². The van der Waals surface area contributed by atoms with E-state index in [1.54, 1.807) is 0 Å². The van der Waals surface area contributed by atoms with E-state index in [-0.39, 0.29) is 10.5 Å². The molecule has 7 heteroatoms. The van der Waals surface area contributed by atoms with E-state index in [1.807, 2.05) is 0 Å². The van der Waals surface area contributed by atoms with Gasteiger partial charge in [0.1, 0.15) is 11.5 Å². The summed E-state index contributed by atoms with van der Waals surface area (Å²) >= 11 is 0. The molecule has 0 aliphatic rings. The molecule has 1 aromatic carbocycles.